The molecule has 144 valence electrons. The predicted octanol–water partition coefficient (Wildman–Crippen LogP) is 5.34. The highest BCUT2D eigenvalue weighted by Gasteiger charge is 2.24. The van der Waals surface area contributed by atoms with Crippen LogP contribution < -0.4 is 10.6 Å². The molecule has 26 heavy (non-hydrogen) atoms. The molecule has 1 aliphatic carbocycles. The number of hydrogen-bond donors (Lipinski definition) is 2. The largest absolute Gasteiger partial charge is 0.308 e. The first-order valence-corrected chi connectivity index (χ1v) is 9.28. The van der Waals surface area contributed by atoms with Crippen LogP contribution in [0.4, 0.5) is 0 Å². The van der Waals surface area contributed by atoms with Gasteiger partial charge in [0, 0.05) is 25.2 Å². The molecule has 1 aliphatic rings. The molecule has 2 unspecified atom stereocenters. The topological polar surface area (TPSA) is 24.1 Å². The smallest absolute Gasteiger partial charge is 0.0224 e. The van der Waals surface area contributed by atoms with Crippen LogP contribution in [-0.4, -0.2) is 12.1 Å². The van der Waals surface area contributed by atoms with Crippen molar-refractivity contribution in [3.05, 3.63) is 70.8 Å². The zero-order valence-corrected chi connectivity index (χ0v) is 17.5. The third kappa shape index (κ3) is 6.92. The zero-order valence-electron chi connectivity index (χ0n) is 15.8. The average Bonchev–Trinajstić information content (AvgIpc) is 2.61. The molecule has 2 atom stereocenters. The number of aryl methyl sites for hydroxylation is 2. The fourth-order valence-corrected chi connectivity index (χ4v) is 3.53. The molecule has 4 heteroatoms. The maximum atomic E-state index is 3.79. The number of hydrogen-bond acceptors (Lipinski definition) is 2. The summed E-state index contributed by atoms with van der Waals surface area (Å²) < 4.78 is 0. The normalized spacial score (nSPS) is 19.3. The minimum Gasteiger partial charge on any atom is -0.308 e. The van der Waals surface area contributed by atoms with E-state index in [4.69, 9.17) is 0 Å². The van der Waals surface area contributed by atoms with Gasteiger partial charge in [-0.05, 0) is 37.8 Å². The van der Waals surface area contributed by atoms with Crippen LogP contribution in [0.15, 0.2) is 48.5 Å². The van der Waals surface area contributed by atoms with Gasteiger partial charge >= 0.3 is 0 Å². The van der Waals surface area contributed by atoms with E-state index < -0.39 is 0 Å². The Hall–Kier alpha value is -1.06. The Morgan fingerprint density at radius 1 is 0.654 bits per heavy atom. The van der Waals surface area contributed by atoms with Gasteiger partial charge in [-0.2, -0.15) is 0 Å². The minimum atomic E-state index is 0. The van der Waals surface area contributed by atoms with Crippen molar-refractivity contribution in [3.63, 3.8) is 0 Å². The molecule has 2 N–H and O–H groups in total. The molecule has 3 rings (SSSR count). The summed E-state index contributed by atoms with van der Waals surface area (Å²) in [5, 5.41) is 7.58. The van der Waals surface area contributed by atoms with Gasteiger partial charge in [0.2, 0.25) is 0 Å². The predicted molar refractivity (Wildman–Crippen MR) is 117 cm³/mol. The van der Waals surface area contributed by atoms with Crippen molar-refractivity contribution in [1.82, 2.24) is 10.6 Å². The molecule has 0 spiro atoms. The van der Waals surface area contributed by atoms with Gasteiger partial charge in [-0.1, -0.05) is 72.5 Å². The summed E-state index contributed by atoms with van der Waals surface area (Å²) in [4.78, 5) is 0. The highest BCUT2D eigenvalue weighted by molar-refractivity contribution is 5.85. The quantitative estimate of drug-likeness (QED) is 0.690. The molecule has 2 aromatic carbocycles. The van der Waals surface area contributed by atoms with Crippen molar-refractivity contribution < 1.29 is 0 Å². The standard InChI is InChI=1S/C22H30N2.2ClH/c1-17-7-11-19(12-8-17)15-23-21-5-3-4-6-22(21)24-16-20-13-9-18(2)10-14-20;;/h7-14,21-24H,3-6,15-16H2,1-2H3;2*1H. The monoisotopic (exact) mass is 394 g/mol. The summed E-state index contributed by atoms with van der Waals surface area (Å²) in [5.74, 6) is 0. The van der Waals surface area contributed by atoms with Crippen LogP contribution in [0.2, 0.25) is 0 Å². The van der Waals surface area contributed by atoms with E-state index in [9.17, 15) is 0 Å². The van der Waals surface area contributed by atoms with Gasteiger partial charge in [-0.3, -0.25) is 0 Å². The first-order chi connectivity index (χ1) is 11.7. The molecule has 2 nitrogen and oxygen atoms in total. The molecule has 0 aliphatic heterocycles. The Balaban J connectivity index is 0.00000169. The van der Waals surface area contributed by atoms with Gasteiger partial charge in [0.05, 0.1) is 0 Å². The second-order valence-electron chi connectivity index (χ2n) is 7.23. The Morgan fingerprint density at radius 3 is 1.35 bits per heavy atom. The summed E-state index contributed by atoms with van der Waals surface area (Å²) in [5.41, 5.74) is 5.41. The Labute approximate surface area is 171 Å². The van der Waals surface area contributed by atoms with Crippen LogP contribution in [0.25, 0.3) is 0 Å². The Kier molecular flexibility index (Phi) is 10.3. The van der Waals surface area contributed by atoms with Crippen LogP contribution in [0, 0.1) is 13.8 Å². The fourth-order valence-electron chi connectivity index (χ4n) is 3.53. The highest BCUT2D eigenvalue weighted by atomic mass is 35.5. The third-order valence-electron chi connectivity index (χ3n) is 5.14. The Bertz CT molecular complexity index is 568. The van der Waals surface area contributed by atoms with E-state index >= 15 is 0 Å². The maximum Gasteiger partial charge on any atom is 0.0224 e. The molecule has 2 aromatic rings. The summed E-state index contributed by atoms with van der Waals surface area (Å²) in [6.07, 6.45) is 5.23. The molecule has 0 amide bonds. The average molecular weight is 395 g/mol. The molecular weight excluding hydrogens is 363 g/mol. The first-order valence-electron chi connectivity index (χ1n) is 9.28. The van der Waals surface area contributed by atoms with Crippen molar-refractivity contribution >= 4 is 24.8 Å². The van der Waals surface area contributed by atoms with E-state index in [1.54, 1.807) is 0 Å². The van der Waals surface area contributed by atoms with E-state index in [1.165, 1.54) is 47.9 Å². The Morgan fingerprint density at radius 2 is 1.00 bits per heavy atom. The van der Waals surface area contributed by atoms with Crippen LogP contribution in [0.1, 0.15) is 47.9 Å². The molecule has 1 fully saturated rings. The summed E-state index contributed by atoms with van der Waals surface area (Å²) in [7, 11) is 0. The molecule has 0 aromatic heterocycles. The number of nitrogens with one attached hydrogen (secondary N) is 2. The lowest BCUT2D eigenvalue weighted by Crippen LogP contribution is -2.49. The SMILES string of the molecule is Cc1ccc(CNC2CCCCC2NCc2ccc(C)cc2)cc1.Cl.Cl. The number of benzene rings is 2. The van der Waals surface area contributed by atoms with Gasteiger partial charge in [0.1, 0.15) is 0 Å². The van der Waals surface area contributed by atoms with Gasteiger partial charge in [0.15, 0.2) is 0 Å². The molecule has 0 bridgehead atoms. The molecule has 1 saturated carbocycles. The molecule has 0 radical (unpaired) electrons. The lowest BCUT2D eigenvalue weighted by molar-refractivity contribution is 0.281. The van der Waals surface area contributed by atoms with Gasteiger partial charge < -0.3 is 10.6 Å². The number of halogens is 2. The maximum absolute atomic E-state index is 3.79. The highest BCUT2D eigenvalue weighted by Crippen LogP contribution is 2.20. The van der Waals surface area contributed by atoms with Gasteiger partial charge in [-0.25, -0.2) is 0 Å². The van der Waals surface area contributed by atoms with Crippen molar-refractivity contribution in [2.45, 2.75) is 64.7 Å². The lowest BCUT2D eigenvalue weighted by atomic mass is 9.90. The van der Waals surface area contributed by atoms with E-state index in [0.29, 0.717) is 12.1 Å². The van der Waals surface area contributed by atoms with Gasteiger partial charge in [0.25, 0.3) is 0 Å². The molecule has 0 saturated heterocycles. The third-order valence-corrected chi connectivity index (χ3v) is 5.14. The van der Waals surface area contributed by atoms with Crippen LogP contribution in [0.3, 0.4) is 0 Å². The molecule has 0 heterocycles. The van der Waals surface area contributed by atoms with Gasteiger partial charge in [-0.15, -0.1) is 24.8 Å². The first kappa shape index (κ1) is 23.0. The van der Waals surface area contributed by atoms with Crippen molar-refractivity contribution in [2.24, 2.45) is 0 Å². The van der Waals surface area contributed by atoms with E-state index in [2.05, 4.69) is 73.0 Å². The summed E-state index contributed by atoms with van der Waals surface area (Å²) in [6.45, 7) is 6.22. The van der Waals surface area contributed by atoms with Crippen molar-refractivity contribution in [1.29, 1.82) is 0 Å². The van der Waals surface area contributed by atoms with Crippen molar-refractivity contribution in [2.75, 3.05) is 0 Å². The summed E-state index contributed by atoms with van der Waals surface area (Å²) >= 11 is 0. The lowest BCUT2D eigenvalue weighted by Gasteiger charge is -2.33. The summed E-state index contributed by atoms with van der Waals surface area (Å²) in [6, 6.07) is 18.9. The van der Waals surface area contributed by atoms with Crippen LogP contribution in [0.5, 0.6) is 0 Å². The van der Waals surface area contributed by atoms with Crippen LogP contribution >= 0.6 is 24.8 Å². The van der Waals surface area contributed by atoms with Crippen molar-refractivity contribution in [3.8, 4) is 0 Å². The number of rotatable bonds is 6. The van der Waals surface area contributed by atoms with E-state index in [-0.39, 0.29) is 24.8 Å². The van der Waals surface area contributed by atoms with E-state index in [0.717, 1.165) is 13.1 Å². The zero-order chi connectivity index (χ0) is 16.8. The van der Waals surface area contributed by atoms with Crippen LogP contribution in [-0.2, 0) is 13.1 Å². The van der Waals surface area contributed by atoms with E-state index in [1.807, 2.05) is 0 Å². The molecular formula is C22H32Cl2N2. The second kappa shape index (κ2) is 11.6. The minimum absolute atomic E-state index is 0. The second-order valence-corrected chi connectivity index (χ2v) is 7.23. The fraction of sp³-hybridized carbons (Fsp3) is 0.455.